The number of carboxylic acids is 1. The first-order valence-electron chi connectivity index (χ1n) is 13.0. The number of halogens is 4. The van der Waals surface area contributed by atoms with Crippen molar-refractivity contribution in [2.24, 2.45) is 17.8 Å². The van der Waals surface area contributed by atoms with Crippen LogP contribution >= 0.6 is 0 Å². The lowest BCUT2D eigenvalue weighted by Gasteiger charge is -2.28. The van der Waals surface area contributed by atoms with Gasteiger partial charge in [-0.2, -0.15) is 13.2 Å². The van der Waals surface area contributed by atoms with Crippen molar-refractivity contribution in [1.29, 1.82) is 0 Å². The van der Waals surface area contributed by atoms with Crippen LogP contribution in [-0.2, 0) is 14.6 Å². The fourth-order valence-electron chi connectivity index (χ4n) is 5.53. The number of carbonyl (C=O) groups is 3. The molecule has 0 radical (unpaired) electrons. The van der Waals surface area contributed by atoms with Crippen LogP contribution in [0.4, 0.5) is 23.2 Å². The van der Waals surface area contributed by atoms with Gasteiger partial charge in [0.25, 0.3) is 15.7 Å². The van der Waals surface area contributed by atoms with E-state index >= 15 is 4.39 Å². The number of nitrogens with zero attached hydrogens (tertiary/aromatic N) is 1. The monoisotopic (exact) mass is 633 g/mol. The van der Waals surface area contributed by atoms with Crippen molar-refractivity contribution in [3.05, 3.63) is 84.0 Å². The number of allylic oxidation sites excluding steroid dienone is 1. The van der Waals surface area contributed by atoms with E-state index in [9.17, 15) is 41.1 Å². The first kappa shape index (κ1) is 30.7. The predicted molar refractivity (Wildman–Crippen MR) is 147 cm³/mol. The highest BCUT2D eigenvalue weighted by atomic mass is 32.2. The van der Waals surface area contributed by atoms with E-state index in [1.165, 1.54) is 31.5 Å². The molecule has 2 aliphatic carbocycles. The van der Waals surface area contributed by atoms with Gasteiger partial charge in [0.2, 0.25) is 5.91 Å². The molecule has 1 heterocycles. The first-order chi connectivity index (χ1) is 20.7. The summed E-state index contributed by atoms with van der Waals surface area (Å²) in [5.41, 5.74) is -6.05. The highest BCUT2D eigenvalue weighted by Crippen LogP contribution is 2.45. The number of carboxylic acid groups (broad SMARTS) is 1. The van der Waals surface area contributed by atoms with Crippen LogP contribution in [0.25, 0.3) is 11.1 Å². The number of carbonyl (C=O) groups excluding carboxylic acids is 2. The number of rotatable bonds is 8. The summed E-state index contributed by atoms with van der Waals surface area (Å²) in [6.45, 7) is 0. The minimum Gasteiger partial charge on any atom is -0.496 e. The molecule has 2 bridgehead atoms. The number of benzene rings is 2. The number of anilines is 1. The molecule has 0 saturated heterocycles. The zero-order chi connectivity index (χ0) is 32.0. The molecule has 5 rings (SSSR count). The van der Waals surface area contributed by atoms with Crippen molar-refractivity contribution in [2.75, 3.05) is 12.4 Å². The van der Waals surface area contributed by atoms with Crippen molar-refractivity contribution in [1.82, 2.24) is 10.3 Å². The Kier molecular flexibility index (Phi) is 7.92. The van der Waals surface area contributed by atoms with Gasteiger partial charge in [-0.3, -0.25) is 14.6 Å². The third-order valence-corrected chi connectivity index (χ3v) is 9.09. The van der Waals surface area contributed by atoms with E-state index in [1.807, 2.05) is 6.08 Å². The van der Waals surface area contributed by atoms with E-state index in [4.69, 9.17) is 4.74 Å². The summed E-state index contributed by atoms with van der Waals surface area (Å²) < 4.78 is 83.0. The van der Waals surface area contributed by atoms with Crippen molar-refractivity contribution in [2.45, 2.75) is 22.9 Å². The average Bonchev–Trinajstić information content (AvgIpc) is 3.58. The molecule has 1 fully saturated rings. The second kappa shape index (κ2) is 11.4. The predicted octanol–water partition coefficient (Wildman–Crippen LogP) is 4.45. The summed E-state index contributed by atoms with van der Waals surface area (Å²) in [5.74, 6) is -5.09. The Labute approximate surface area is 247 Å². The third kappa shape index (κ3) is 5.62. The highest BCUT2D eigenvalue weighted by molar-refractivity contribution is 7.92. The van der Waals surface area contributed by atoms with Gasteiger partial charge in [-0.05, 0) is 48.6 Å². The van der Waals surface area contributed by atoms with Crippen LogP contribution < -0.4 is 15.4 Å². The number of sulfone groups is 1. The van der Waals surface area contributed by atoms with Crippen LogP contribution in [-0.4, -0.2) is 55.0 Å². The van der Waals surface area contributed by atoms with Gasteiger partial charge in [-0.25, -0.2) is 17.6 Å². The second-order valence-electron chi connectivity index (χ2n) is 10.2. The normalized spacial score (nSPS) is 20.8. The number of ether oxygens (including phenoxy) is 1. The molecule has 1 saturated carbocycles. The fourth-order valence-corrected chi connectivity index (χ4v) is 6.34. The van der Waals surface area contributed by atoms with Crippen LogP contribution in [0, 0.1) is 23.6 Å². The maximum absolute atomic E-state index is 15.0. The number of hydrogen-bond acceptors (Lipinski definition) is 7. The maximum Gasteiger partial charge on any atom is 0.501 e. The number of fused-ring (bicyclic) bond motifs is 2. The number of pyridine rings is 1. The number of nitrogens with one attached hydrogen (secondary N) is 2. The number of aromatic nitrogens is 1. The van der Waals surface area contributed by atoms with Gasteiger partial charge in [0.1, 0.15) is 11.6 Å². The molecule has 2 aromatic carbocycles. The minimum atomic E-state index is -5.65. The van der Waals surface area contributed by atoms with Crippen LogP contribution in [0.1, 0.15) is 27.1 Å². The lowest BCUT2D eigenvalue weighted by Crippen LogP contribution is -2.47. The summed E-state index contributed by atoms with van der Waals surface area (Å²) in [4.78, 5) is 41.1. The molecule has 0 aliphatic heterocycles. The summed E-state index contributed by atoms with van der Waals surface area (Å²) in [5, 5.41) is 14.5. The van der Waals surface area contributed by atoms with E-state index < -0.39 is 55.8 Å². The Balaban J connectivity index is 1.41. The lowest BCUT2D eigenvalue weighted by molar-refractivity contribution is -0.121. The number of alkyl halides is 3. The molecule has 2 amide bonds. The number of aromatic carboxylic acids is 1. The summed E-state index contributed by atoms with van der Waals surface area (Å²) in [6, 6.07) is 6.32. The SMILES string of the molecule is COc1cc(F)c(-c2cncc(C(=O)O)c2)cc1C(=O)NC1C2C=CC(C2)C1C(=O)Nc1cccc(S(=O)(=O)C(F)(F)F)c1. The first-order valence-corrected chi connectivity index (χ1v) is 14.5. The van der Waals surface area contributed by atoms with Gasteiger partial charge in [0, 0.05) is 41.3 Å². The van der Waals surface area contributed by atoms with Gasteiger partial charge >= 0.3 is 11.5 Å². The van der Waals surface area contributed by atoms with Gasteiger partial charge in [-0.1, -0.05) is 18.2 Å². The molecular formula is C29H23F4N3O7S. The molecular weight excluding hydrogens is 610 g/mol. The standard InChI is InChI=1S/C29H23F4N3O7S/c1-43-23-11-22(30)20(16-8-17(28(39)40)13-34-12-16)10-21(23)26(37)36-25-15-6-5-14(7-15)24(25)27(38)35-18-3-2-4-19(9-18)44(41,42)29(31,32)33/h2-6,8-15,24-25H,7H2,1H3,(H,35,38)(H,36,37)(H,39,40). The van der Waals surface area contributed by atoms with E-state index in [2.05, 4.69) is 15.6 Å². The van der Waals surface area contributed by atoms with Gasteiger partial charge in [0.15, 0.2) is 0 Å². The van der Waals surface area contributed by atoms with Crippen LogP contribution in [0.3, 0.4) is 0 Å². The molecule has 1 aromatic heterocycles. The molecule has 4 atom stereocenters. The molecule has 4 unspecified atom stereocenters. The van der Waals surface area contributed by atoms with E-state index in [0.29, 0.717) is 12.5 Å². The van der Waals surface area contributed by atoms with Crippen LogP contribution in [0.15, 0.2) is 71.9 Å². The smallest absolute Gasteiger partial charge is 0.496 e. The fraction of sp³-hybridized carbons (Fsp3) is 0.241. The molecule has 3 N–H and O–H groups in total. The van der Waals surface area contributed by atoms with Gasteiger partial charge in [0.05, 0.1) is 29.1 Å². The molecule has 2 aliphatic rings. The van der Waals surface area contributed by atoms with Crippen LogP contribution in [0.2, 0.25) is 0 Å². The summed E-state index contributed by atoms with van der Waals surface area (Å²) in [7, 11) is -4.43. The largest absolute Gasteiger partial charge is 0.501 e. The van der Waals surface area contributed by atoms with Crippen molar-refractivity contribution < 1.29 is 50.2 Å². The number of amides is 2. The summed E-state index contributed by atoms with van der Waals surface area (Å²) >= 11 is 0. The Hall–Kier alpha value is -4.79. The summed E-state index contributed by atoms with van der Waals surface area (Å²) in [6.07, 6.45) is 6.42. The Morgan fingerprint density at radius 2 is 1.77 bits per heavy atom. The van der Waals surface area contributed by atoms with Gasteiger partial charge in [-0.15, -0.1) is 0 Å². The molecule has 230 valence electrons. The molecule has 3 aromatic rings. The topological polar surface area (TPSA) is 152 Å². The van der Waals surface area contributed by atoms with Crippen molar-refractivity contribution in [3.63, 3.8) is 0 Å². The van der Waals surface area contributed by atoms with E-state index in [-0.39, 0.29) is 45.5 Å². The Bertz CT molecular complexity index is 1810. The van der Waals surface area contributed by atoms with E-state index in [0.717, 1.165) is 24.4 Å². The number of hydrogen-bond donors (Lipinski definition) is 3. The molecule has 10 nitrogen and oxygen atoms in total. The van der Waals surface area contributed by atoms with E-state index in [1.54, 1.807) is 6.08 Å². The number of methoxy groups -OCH3 is 1. The van der Waals surface area contributed by atoms with Crippen molar-refractivity contribution >= 4 is 33.3 Å². The molecule has 0 spiro atoms. The molecule has 15 heteroatoms. The quantitative estimate of drug-likeness (QED) is 0.243. The highest BCUT2D eigenvalue weighted by Gasteiger charge is 2.49. The Morgan fingerprint density at radius 3 is 2.45 bits per heavy atom. The maximum atomic E-state index is 15.0. The average molecular weight is 634 g/mol. The van der Waals surface area contributed by atoms with Gasteiger partial charge < -0.3 is 20.5 Å². The third-order valence-electron chi connectivity index (χ3n) is 7.61. The zero-order valence-corrected chi connectivity index (χ0v) is 23.4. The van der Waals surface area contributed by atoms with Crippen molar-refractivity contribution in [3.8, 4) is 16.9 Å². The molecule has 44 heavy (non-hydrogen) atoms. The zero-order valence-electron chi connectivity index (χ0n) is 22.6. The van der Waals surface area contributed by atoms with Crippen LogP contribution in [0.5, 0.6) is 5.75 Å². The minimum absolute atomic E-state index is 0.0916. The lowest BCUT2D eigenvalue weighted by atomic mass is 9.87. The Morgan fingerprint density at radius 1 is 1.05 bits per heavy atom. The second-order valence-corrected chi connectivity index (χ2v) is 12.2.